The van der Waals surface area contributed by atoms with Crippen molar-refractivity contribution in [1.82, 2.24) is 4.90 Å². The van der Waals surface area contributed by atoms with Gasteiger partial charge in [0, 0.05) is 34.4 Å². The second kappa shape index (κ2) is 6.20. The van der Waals surface area contributed by atoms with Crippen LogP contribution in [0.2, 0.25) is 0 Å². The number of hydrogen-bond acceptors (Lipinski definition) is 3. The number of aromatic hydroxyl groups is 1. The maximum absolute atomic E-state index is 11.0. The number of phenols is 1. The number of hydrogen-bond donors (Lipinski definition) is 1. The first kappa shape index (κ1) is 20.9. The Hall–Kier alpha value is -1.48. The van der Waals surface area contributed by atoms with Crippen LogP contribution < -0.4 is 4.74 Å². The maximum atomic E-state index is 11.0. The van der Waals surface area contributed by atoms with Crippen LogP contribution in [0.1, 0.15) is 83.8 Å². The molecule has 3 nitrogen and oxygen atoms in total. The van der Waals surface area contributed by atoms with Gasteiger partial charge in [-0.2, -0.15) is 0 Å². The standard InChI is InChI=1S/C30H41NO2/c1-6-28-11-12-29(16-21(28)18(2)27(3,4)5)23-15-20-9-10-22(32)25-24(20)30(29,26(28)33-25)13-14-31(23)17-19-7-8-19/h9-10,19,21,23,26,32H,2,6-8,11-17H2,1,3-5H3/t21-,23-,26+,28+,29-,30+/m1/s1. The Bertz CT molecular complexity index is 1050. The molecular formula is C30H41NO2. The average Bonchev–Trinajstić information content (AvgIpc) is 3.52. The third kappa shape index (κ3) is 2.27. The van der Waals surface area contributed by atoms with E-state index in [1.807, 2.05) is 6.07 Å². The Labute approximate surface area is 199 Å². The van der Waals surface area contributed by atoms with Crippen LogP contribution in [0.15, 0.2) is 24.3 Å². The zero-order valence-corrected chi connectivity index (χ0v) is 21.0. The van der Waals surface area contributed by atoms with Gasteiger partial charge in [0.25, 0.3) is 0 Å². The van der Waals surface area contributed by atoms with Crippen molar-refractivity contribution in [2.75, 3.05) is 13.1 Å². The van der Waals surface area contributed by atoms with Crippen LogP contribution in [0.25, 0.3) is 0 Å². The van der Waals surface area contributed by atoms with Gasteiger partial charge in [-0.1, -0.05) is 45.9 Å². The Balaban J connectivity index is 1.47. The lowest BCUT2D eigenvalue weighted by Crippen LogP contribution is -2.78. The minimum atomic E-state index is 0.0717. The lowest BCUT2D eigenvalue weighted by molar-refractivity contribution is -0.235. The number of nitrogens with zero attached hydrogens (tertiary/aromatic N) is 1. The third-order valence-corrected chi connectivity index (χ3v) is 11.6. The zero-order valence-electron chi connectivity index (χ0n) is 21.0. The van der Waals surface area contributed by atoms with E-state index in [4.69, 9.17) is 11.3 Å². The molecule has 0 amide bonds. The maximum Gasteiger partial charge on any atom is 0.165 e. The van der Waals surface area contributed by atoms with Crippen molar-refractivity contribution in [3.05, 3.63) is 35.4 Å². The SMILES string of the molecule is C=C([C@H]1C[C@@]23CC[C@]1(CC)[C@@H]1Oc4c(O)ccc5c4[C@@]12CCN(CC1CC1)[C@@H]3C5)C(C)(C)C. The molecular weight excluding hydrogens is 406 g/mol. The van der Waals surface area contributed by atoms with E-state index >= 15 is 0 Å². The summed E-state index contributed by atoms with van der Waals surface area (Å²) in [5.41, 5.74) is 4.85. The lowest BCUT2D eigenvalue weighted by atomic mass is 9.31. The number of fused-ring (bicyclic) bond motifs is 2. The van der Waals surface area contributed by atoms with Crippen LogP contribution in [0, 0.1) is 28.1 Å². The van der Waals surface area contributed by atoms with Crippen LogP contribution in [0.5, 0.6) is 11.5 Å². The fraction of sp³-hybridized carbons (Fsp3) is 0.733. The van der Waals surface area contributed by atoms with Gasteiger partial charge in [0.15, 0.2) is 11.5 Å². The van der Waals surface area contributed by atoms with Gasteiger partial charge in [0.05, 0.1) is 0 Å². The summed E-state index contributed by atoms with van der Waals surface area (Å²) in [5.74, 6) is 2.63. The van der Waals surface area contributed by atoms with Crippen LogP contribution in [-0.2, 0) is 11.8 Å². The summed E-state index contributed by atoms with van der Waals surface area (Å²) in [6.07, 6.45) is 10.3. The monoisotopic (exact) mass is 447 g/mol. The highest BCUT2D eigenvalue weighted by molar-refractivity contribution is 5.63. The molecule has 7 aliphatic rings. The van der Waals surface area contributed by atoms with Crippen molar-refractivity contribution in [1.29, 1.82) is 0 Å². The number of allylic oxidation sites excluding steroid dienone is 1. The van der Waals surface area contributed by atoms with Gasteiger partial charge in [0.2, 0.25) is 0 Å². The van der Waals surface area contributed by atoms with E-state index < -0.39 is 0 Å². The molecule has 33 heavy (non-hydrogen) atoms. The van der Waals surface area contributed by atoms with Gasteiger partial charge in [-0.25, -0.2) is 0 Å². The first-order valence-corrected chi connectivity index (χ1v) is 13.6. The summed E-state index contributed by atoms with van der Waals surface area (Å²) in [6.45, 7) is 16.7. The number of phenolic OH excluding ortho intramolecular Hbond substituents is 1. The molecule has 1 aromatic carbocycles. The molecule has 5 aliphatic carbocycles. The first-order chi connectivity index (χ1) is 15.7. The molecule has 5 fully saturated rings. The normalized spacial score (nSPS) is 42.7. The molecule has 8 rings (SSSR count). The van der Waals surface area contributed by atoms with Crippen LogP contribution >= 0.6 is 0 Å². The molecule has 2 spiro atoms. The summed E-state index contributed by atoms with van der Waals surface area (Å²) in [4.78, 5) is 2.91. The first-order valence-electron chi connectivity index (χ1n) is 13.6. The highest BCUT2D eigenvalue weighted by atomic mass is 16.5. The number of benzene rings is 1. The molecule has 4 bridgehead atoms. The number of ether oxygens (including phenoxy) is 1. The van der Waals surface area contributed by atoms with Crippen molar-refractivity contribution in [2.24, 2.45) is 28.1 Å². The molecule has 0 unspecified atom stereocenters. The smallest absolute Gasteiger partial charge is 0.165 e. The lowest BCUT2D eigenvalue weighted by Gasteiger charge is -2.75. The molecule has 4 saturated carbocycles. The van der Waals surface area contributed by atoms with E-state index in [1.54, 1.807) is 0 Å². The number of piperidine rings is 1. The summed E-state index contributed by atoms with van der Waals surface area (Å²) in [6, 6.07) is 4.74. The Morgan fingerprint density at radius 1 is 1.21 bits per heavy atom. The van der Waals surface area contributed by atoms with Crippen molar-refractivity contribution < 1.29 is 9.84 Å². The number of likely N-dealkylation sites (tertiary alicyclic amines) is 1. The fourth-order valence-corrected chi connectivity index (χ4v) is 9.79. The van der Waals surface area contributed by atoms with Gasteiger partial charge in [-0.05, 0) is 86.8 Å². The Morgan fingerprint density at radius 2 is 2.00 bits per heavy atom. The predicted molar refractivity (Wildman–Crippen MR) is 132 cm³/mol. The van der Waals surface area contributed by atoms with Gasteiger partial charge < -0.3 is 9.84 Å². The molecule has 0 radical (unpaired) electrons. The highest BCUT2D eigenvalue weighted by Crippen LogP contribution is 2.79. The van der Waals surface area contributed by atoms with E-state index in [0.29, 0.717) is 17.7 Å². The van der Waals surface area contributed by atoms with Gasteiger partial charge >= 0.3 is 0 Å². The minimum Gasteiger partial charge on any atom is -0.504 e. The van der Waals surface area contributed by atoms with Crippen molar-refractivity contribution in [3.8, 4) is 11.5 Å². The van der Waals surface area contributed by atoms with E-state index in [2.05, 4.69) is 38.7 Å². The molecule has 2 aliphatic heterocycles. The molecule has 0 aromatic heterocycles. The summed E-state index contributed by atoms with van der Waals surface area (Å²) in [5, 5.41) is 11.0. The second-order valence-corrected chi connectivity index (χ2v) is 13.6. The quantitative estimate of drug-likeness (QED) is 0.555. The van der Waals surface area contributed by atoms with Crippen LogP contribution in [0.3, 0.4) is 0 Å². The van der Waals surface area contributed by atoms with E-state index in [0.717, 1.165) is 24.5 Å². The van der Waals surface area contributed by atoms with Crippen molar-refractivity contribution in [3.63, 3.8) is 0 Å². The van der Waals surface area contributed by atoms with Crippen LogP contribution in [-0.4, -0.2) is 35.2 Å². The largest absolute Gasteiger partial charge is 0.504 e. The Kier molecular flexibility index (Phi) is 3.92. The topological polar surface area (TPSA) is 32.7 Å². The molecule has 2 heterocycles. The molecule has 178 valence electrons. The van der Waals surface area contributed by atoms with Gasteiger partial charge in [0.1, 0.15) is 6.10 Å². The third-order valence-electron chi connectivity index (χ3n) is 11.6. The van der Waals surface area contributed by atoms with Crippen molar-refractivity contribution >= 4 is 0 Å². The molecule has 1 saturated heterocycles. The molecule has 1 aromatic rings. The predicted octanol–water partition coefficient (Wildman–Crippen LogP) is 6.23. The van der Waals surface area contributed by atoms with Crippen molar-refractivity contribution in [2.45, 2.75) is 96.6 Å². The number of rotatable bonds is 4. The van der Waals surface area contributed by atoms with Crippen LogP contribution in [0.4, 0.5) is 0 Å². The summed E-state index contributed by atoms with van der Waals surface area (Å²) >= 11 is 0. The van der Waals surface area contributed by atoms with Gasteiger partial charge in [-0.15, -0.1) is 0 Å². The van der Waals surface area contributed by atoms with E-state index in [1.165, 1.54) is 68.3 Å². The highest BCUT2D eigenvalue weighted by Gasteiger charge is 2.79. The molecule has 3 heteroatoms. The minimum absolute atomic E-state index is 0.0717. The zero-order chi connectivity index (χ0) is 23.0. The Morgan fingerprint density at radius 3 is 2.70 bits per heavy atom. The fourth-order valence-electron chi connectivity index (χ4n) is 9.79. The average molecular weight is 448 g/mol. The summed E-state index contributed by atoms with van der Waals surface area (Å²) < 4.78 is 7.04. The van der Waals surface area contributed by atoms with E-state index in [9.17, 15) is 5.11 Å². The van der Waals surface area contributed by atoms with Gasteiger partial charge in [-0.3, -0.25) is 4.90 Å². The summed E-state index contributed by atoms with van der Waals surface area (Å²) in [7, 11) is 0. The second-order valence-electron chi connectivity index (χ2n) is 13.6. The van der Waals surface area contributed by atoms with E-state index in [-0.39, 0.29) is 27.8 Å². The molecule has 6 atom stereocenters. The molecule has 1 N–H and O–H groups in total.